The van der Waals surface area contributed by atoms with Crippen molar-refractivity contribution in [2.45, 2.75) is 20.3 Å². The predicted molar refractivity (Wildman–Crippen MR) is 41.9 cm³/mol. The Labute approximate surface area is 66.1 Å². The molecule has 0 aliphatic heterocycles. The Bertz CT molecular complexity index is 197. The maximum Gasteiger partial charge on any atom is 0.225 e. The Kier molecular flexibility index (Phi) is 1.63. The van der Waals surface area contributed by atoms with E-state index in [1.54, 1.807) is 0 Å². The minimum absolute atomic E-state index is 0.0127. The topological polar surface area (TPSA) is 17.1 Å². The molecule has 0 bridgehead atoms. The summed E-state index contributed by atoms with van der Waals surface area (Å²) in [5, 5.41) is -0.217. The van der Waals surface area contributed by atoms with Crippen LogP contribution >= 0.6 is 11.6 Å². The first kappa shape index (κ1) is 7.80. The lowest BCUT2D eigenvalue weighted by Gasteiger charge is -2.06. The summed E-state index contributed by atoms with van der Waals surface area (Å²) in [6.07, 6.45) is 0.880. The van der Waals surface area contributed by atoms with Crippen molar-refractivity contribution in [3.8, 4) is 0 Å². The average molecular weight is 159 g/mol. The third-order valence-electron chi connectivity index (χ3n) is 2.49. The van der Waals surface area contributed by atoms with Crippen molar-refractivity contribution in [1.29, 1.82) is 0 Å². The quantitative estimate of drug-likeness (QED) is 0.446. The molecule has 0 aromatic carbocycles. The van der Waals surface area contributed by atoms with E-state index in [-0.39, 0.29) is 16.6 Å². The Morgan fingerprint density at radius 3 is 2.40 bits per heavy atom. The molecule has 2 heteroatoms. The fourth-order valence-corrected chi connectivity index (χ4v) is 1.49. The van der Waals surface area contributed by atoms with Gasteiger partial charge in [-0.25, -0.2) is 0 Å². The van der Waals surface area contributed by atoms with Gasteiger partial charge in [0, 0.05) is 5.92 Å². The largest absolute Gasteiger partial charge is 0.281 e. The summed E-state index contributed by atoms with van der Waals surface area (Å²) in [5.74, 6) is 0.0340. The van der Waals surface area contributed by atoms with Crippen LogP contribution in [0.25, 0.3) is 0 Å². The maximum absolute atomic E-state index is 10.7. The standard InChI is InChI=1S/C8H11ClO/c1-5(2)8(3)4-6(8)7(9)10/h6H,1,4H2,2-3H3. The summed E-state index contributed by atoms with van der Waals surface area (Å²) in [5.41, 5.74) is 1.07. The van der Waals surface area contributed by atoms with E-state index in [1.165, 1.54) is 0 Å². The van der Waals surface area contributed by atoms with E-state index in [9.17, 15) is 4.79 Å². The van der Waals surface area contributed by atoms with Gasteiger partial charge in [-0.3, -0.25) is 4.79 Å². The van der Waals surface area contributed by atoms with E-state index in [2.05, 4.69) is 6.58 Å². The maximum atomic E-state index is 10.7. The predicted octanol–water partition coefficient (Wildman–Crippen LogP) is 2.35. The van der Waals surface area contributed by atoms with Crippen molar-refractivity contribution in [1.82, 2.24) is 0 Å². The SMILES string of the molecule is C=C(C)C1(C)CC1C(=O)Cl. The first-order valence-electron chi connectivity index (χ1n) is 3.34. The molecule has 2 unspecified atom stereocenters. The molecular formula is C8H11ClO. The first-order chi connectivity index (χ1) is 4.48. The second kappa shape index (κ2) is 2.09. The van der Waals surface area contributed by atoms with Gasteiger partial charge in [0.05, 0.1) is 0 Å². The van der Waals surface area contributed by atoms with Crippen LogP contribution in [0, 0.1) is 11.3 Å². The smallest absolute Gasteiger partial charge is 0.225 e. The highest BCUT2D eigenvalue weighted by Crippen LogP contribution is 2.57. The molecule has 0 N–H and O–H groups in total. The van der Waals surface area contributed by atoms with Crippen molar-refractivity contribution in [2.24, 2.45) is 11.3 Å². The van der Waals surface area contributed by atoms with Crippen molar-refractivity contribution in [3.63, 3.8) is 0 Å². The van der Waals surface area contributed by atoms with Crippen LogP contribution in [0.15, 0.2) is 12.2 Å². The zero-order valence-corrected chi connectivity index (χ0v) is 7.03. The van der Waals surface area contributed by atoms with Gasteiger partial charge in [-0.05, 0) is 30.4 Å². The summed E-state index contributed by atoms with van der Waals surface area (Å²) >= 11 is 5.32. The van der Waals surface area contributed by atoms with Gasteiger partial charge in [0.15, 0.2) is 0 Å². The van der Waals surface area contributed by atoms with Gasteiger partial charge < -0.3 is 0 Å². The van der Waals surface area contributed by atoms with Gasteiger partial charge in [-0.15, -0.1) is 0 Å². The summed E-state index contributed by atoms with van der Waals surface area (Å²) in [6, 6.07) is 0. The third kappa shape index (κ3) is 0.988. The highest BCUT2D eigenvalue weighted by atomic mass is 35.5. The van der Waals surface area contributed by atoms with E-state index < -0.39 is 0 Å². The molecule has 2 atom stereocenters. The molecule has 1 aliphatic rings. The van der Waals surface area contributed by atoms with Crippen molar-refractivity contribution < 1.29 is 4.79 Å². The third-order valence-corrected chi connectivity index (χ3v) is 2.75. The Morgan fingerprint density at radius 1 is 1.80 bits per heavy atom. The molecule has 56 valence electrons. The molecule has 0 saturated heterocycles. The second-order valence-corrected chi connectivity index (χ2v) is 3.63. The fraction of sp³-hybridized carbons (Fsp3) is 0.625. The van der Waals surface area contributed by atoms with Crippen LogP contribution in [-0.2, 0) is 4.79 Å². The van der Waals surface area contributed by atoms with Crippen LogP contribution in [0.3, 0.4) is 0 Å². The van der Waals surface area contributed by atoms with Crippen LogP contribution in [-0.4, -0.2) is 5.24 Å². The molecule has 0 aromatic rings. The number of halogens is 1. The Balaban J connectivity index is 2.65. The summed E-state index contributed by atoms with van der Waals surface area (Å²) in [4.78, 5) is 10.7. The number of rotatable bonds is 2. The fourth-order valence-electron chi connectivity index (χ4n) is 1.17. The molecular weight excluding hydrogens is 148 g/mol. The number of hydrogen-bond donors (Lipinski definition) is 0. The monoisotopic (exact) mass is 158 g/mol. The lowest BCUT2D eigenvalue weighted by Crippen LogP contribution is -2.03. The average Bonchev–Trinajstić information content (AvgIpc) is 2.43. The van der Waals surface area contributed by atoms with Gasteiger partial charge in [-0.1, -0.05) is 19.1 Å². The van der Waals surface area contributed by atoms with Crippen molar-refractivity contribution in [2.75, 3.05) is 0 Å². The zero-order valence-electron chi connectivity index (χ0n) is 6.28. The van der Waals surface area contributed by atoms with E-state index in [0.717, 1.165) is 12.0 Å². The van der Waals surface area contributed by atoms with Gasteiger partial charge >= 0.3 is 0 Å². The molecule has 0 heterocycles. The summed E-state index contributed by atoms with van der Waals surface area (Å²) < 4.78 is 0. The molecule has 0 radical (unpaired) electrons. The molecule has 0 aromatic heterocycles. The van der Waals surface area contributed by atoms with E-state index >= 15 is 0 Å². The number of allylic oxidation sites excluding steroid dienone is 1. The molecule has 1 fully saturated rings. The molecule has 1 aliphatic carbocycles. The molecule has 0 spiro atoms. The summed E-state index contributed by atoms with van der Waals surface area (Å²) in [6.45, 7) is 7.78. The van der Waals surface area contributed by atoms with Gasteiger partial charge in [0.1, 0.15) is 0 Å². The lowest BCUT2D eigenvalue weighted by atomic mass is 9.99. The summed E-state index contributed by atoms with van der Waals surface area (Å²) in [7, 11) is 0. The molecule has 0 amide bonds. The highest BCUT2D eigenvalue weighted by molar-refractivity contribution is 6.64. The van der Waals surface area contributed by atoms with Crippen LogP contribution < -0.4 is 0 Å². The number of hydrogen-bond acceptors (Lipinski definition) is 1. The minimum atomic E-state index is -0.217. The molecule has 10 heavy (non-hydrogen) atoms. The van der Waals surface area contributed by atoms with Gasteiger partial charge in [0.25, 0.3) is 0 Å². The van der Waals surface area contributed by atoms with Gasteiger partial charge in [0.2, 0.25) is 5.24 Å². The van der Waals surface area contributed by atoms with Crippen molar-refractivity contribution >= 4 is 16.8 Å². The highest BCUT2D eigenvalue weighted by Gasteiger charge is 2.54. The first-order valence-corrected chi connectivity index (χ1v) is 3.71. The number of carbonyl (C=O) groups is 1. The van der Waals surface area contributed by atoms with E-state index in [1.807, 2.05) is 13.8 Å². The second-order valence-electron chi connectivity index (χ2n) is 3.26. The van der Waals surface area contributed by atoms with Crippen LogP contribution in [0.1, 0.15) is 20.3 Å². The normalized spacial score (nSPS) is 37.3. The molecule has 1 rings (SSSR count). The van der Waals surface area contributed by atoms with E-state index in [4.69, 9.17) is 11.6 Å². The van der Waals surface area contributed by atoms with Crippen LogP contribution in [0.2, 0.25) is 0 Å². The zero-order chi connectivity index (χ0) is 7.94. The van der Waals surface area contributed by atoms with Crippen LogP contribution in [0.5, 0.6) is 0 Å². The Morgan fingerprint density at radius 2 is 2.30 bits per heavy atom. The van der Waals surface area contributed by atoms with Crippen LogP contribution in [0.4, 0.5) is 0 Å². The number of carbonyl (C=O) groups excluding carboxylic acids is 1. The Hall–Kier alpha value is -0.300. The van der Waals surface area contributed by atoms with Gasteiger partial charge in [-0.2, -0.15) is 0 Å². The minimum Gasteiger partial charge on any atom is -0.281 e. The van der Waals surface area contributed by atoms with Crippen molar-refractivity contribution in [3.05, 3.63) is 12.2 Å². The molecule has 1 saturated carbocycles. The van der Waals surface area contributed by atoms with E-state index in [0.29, 0.717) is 0 Å². The molecule has 1 nitrogen and oxygen atoms in total. The lowest BCUT2D eigenvalue weighted by molar-refractivity contribution is -0.113.